The first kappa shape index (κ1) is 52.9. The van der Waals surface area contributed by atoms with Gasteiger partial charge in [-0.1, -0.05) is 169 Å². The van der Waals surface area contributed by atoms with Crippen LogP contribution in [0.5, 0.6) is 0 Å². The first-order valence-corrected chi connectivity index (χ1v) is 23.2. The van der Waals surface area contributed by atoms with Gasteiger partial charge in [0.05, 0.1) is 26.4 Å². The lowest BCUT2D eigenvalue weighted by molar-refractivity contribution is -0.175. The van der Waals surface area contributed by atoms with Crippen LogP contribution in [0.15, 0.2) is 0 Å². The highest BCUT2D eigenvalue weighted by molar-refractivity contribution is 6.00. The van der Waals surface area contributed by atoms with Crippen molar-refractivity contribution in [3.05, 3.63) is 0 Å². The Kier molecular flexibility index (Phi) is 30.7. The second-order valence-corrected chi connectivity index (χ2v) is 16.0. The molecule has 0 radical (unpaired) electrons. The highest BCUT2D eigenvalue weighted by atomic mass is 16.6. The van der Waals surface area contributed by atoms with Crippen molar-refractivity contribution in [1.29, 1.82) is 0 Å². The van der Waals surface area contributed by atoms with Gasteiger partial charge in [-0.3, -0.25) is 19.2 Å². The normalized spacial score (nSPS) is 12.7. The molecule has 0 rings (SSSR count). The zero-order valence-corrected chi connectivity index (χ0v) is 37.6. The molecule has 324 valence electrons. The Labute approximate surface area is 339 Å². The molecular weight excluding hydrogens is 693 g/mol. The molecular formula is C47H88O8. The van der Waals surface area contributed by atoms with E-state index in [1.165, 1.54) is 64.2 Å². The summed E-state index contributed by atoms with van der Waals surface area (Å²) in [5.41, 5.74) is -2.15. The molecule has 0 N–H and O–H groups in total. The van der Waals surface area contributed by atoms with Gasteiger partial charge in [0, 0.05) is 0 Å². The summed E-state index contributed by atoms with van der Waals surface area (Å²) in [6.07, 6.45) is 24.7. The lowest BCUT2D eigenvalue weighted by atomic mass is 9.66. The fourth-order valence-electron chi connectivity index (χ4n) is 8.99. The zero-order chi connectivity index (χ0) is 41.4. The van der Waals surface area contributed by atoms with Crippen molar-refractivity contribution in [2.45, 2.75) is 229 Å². The van der Waals surface area contributed by atoms with Crippen molar-refractivity contribution in [3.8, 4) is 0 Å². The van der Waals surface area contributed by atoms with Crippen LogP contribution in [0.25, 0.3) is 0 Å². The molecule has 0 aromatic rings. The average molecular weight is 781 g/mol. The predicted molar refractivity (Wildman–Crippen MR) is 226 cm³/mol. The molecule has 0 heterocycles. The second-order valence-electron chi connectivity index (χ2n) is 16.0. The Morgan fingerprint density at radius 1 is 0.382 bits per heavy atom. The Balaban J connectivity index is 5.46. The number of rotatable bonds is 37. The summed E-state index contributed by atoms with van der Waals surface area (Å²) in [6.45, 7) is 19.5. The summed E-state index contributed by atoms with van der Waals surface area (Å²) < 4.78 is 22.0. The van der Waals surface area contributed by atoms with Crippen LogP contribution in [-0.4, -0.2) is 50.3 Å². The summed E-state index contributed by atoms with van der Waals surface area (Å²) in [4.78, 5) is 53.8. The number of esters is 4. The fraction of sp³-hybridized carbons (Fsp3) is 0.915. The molecule has 1 atom stereocenters. The van der Waals surface area contributed by atoms with Crippen LogP contribution in [0.1, 0.15) is 229 Å². The summed E-state index contributed by atoms with van der Waals surface area (Å²) in [7, 11) is 0. The molecule has 0 aliphatic carbocycles. The maximum Gasteiger partial charge on any atom is 0.323 e. The van der Waals surface area contributed by atoms with E-state index in [1.54, 1.807) is 27.7 Å². The molecule has 55 heavy (non-hydrogen) atoms. The summed E-state index contributed by atoms with van der Waals surface area (Å²) in [5.74, 6) is -1.15. The molecule has 0 saturated heterocycles. The third-order valence-electron chi connectivity index (χ3n) is 12.7. The average Bonchev–Trinajstić information content (AvgIpc) is 3.18. The molecule has 0 spiro atoms. The molecule has 0 aromatic heterocycles. The van der Waals surface area contributed by atoms with E-state index in [-0.39, 0.29) is 26.4 Å². The van der Waals surface area contributed by atoms with Crippen LogP contribution in [0.2, 0.25) is 0 Å². The first-order valence-electron chi connectivity index (χ1n) is 23.2. The van der Waals surface area contributed by atoms with Gasteiger partial charge in [-0.15, -0.1) is 0 Å². The van der Waals surface area contributed by atoms with Crippen LogP contribution >= 0.6 is 0 Å². The van der Waals surface area contributed by atoms with Crippen LogP contribution in [0, 0.1) is 22.2 Å². The third-order valence-corrected chi connectivity index (χ3v) is 12.7. The predicted octanol–water partition coefficient (Wildman–Crippen LogP) is 13.1. The summed E-state index contributed by atoms with van der Waals surface area (Å²) >= 11 is 0. The minimum atomic E-state index is -1.32. The van der Waals surface area contributed by atoms with E-state index in [0.29, 0.717) is 43.9 Å². The molecule has 0 aliphatic rings. The van der Waals surface area contributed by atoms with E-state index in [1.807, 2.05) is 0 Å². The van der Waals surface area contributed by atoms with Crippen LogP contribution < -0.4 is 0 Å². The number of ether oxygens (including phenoxy) is 4. The van der Waals surface area contributed by atoms with Crippen LogP contribution in [0.3, 0.4) is 0 Å². The van der Waals surface area contributed by atoms with E-state index in [0.717, 1.165) is 70.1 Å². The second kappa shape index (κ2) is 31.9. The molecule has 1 unspecified atom stereocenters. The summed E-state index contributed by atoms with van der Waals surface area (Å²) in [6, 6.07) is 0. The number of hydrogen-bond donors (Lipinski definition) is 0. The SMILES string of the molecule is CCCCCCCCCC(CCCCCCC(CCCCCCCCC(CC)C(CC)(CC)CC)(C(=O)OCC)C(=O)OCC)(C(=O)OCC)C(=O)OCC. The van der Waals surface area contributed by atoms with E-state index >= 15 is 0 Å². The largest absolute Gasteiger partial charge is 0.465 e. The minimum absolute atomic E-state index is 0.205. The van der Waals surface area contributed by atoms with Gasteiger partial charge in [-0.25, -0.2) is 0 Å². The quantitative estimate of drug-likeness (QED) is 0.0265. The van der Waals surface area contributed by atoms with Crippen molar-refractivity contribution in [1.82, 2.24) is 0 Å². The van der Waals surface area contributed by atoms with Gasteiger partial charge in [-0.2, -0.15) is 0 Å². The van der Waals surface area contributed by atoms with Crippen LogP contribution in [0.4, 0.5) is 0 Å². The lowest BCUT2D eigenvalue weighted by Gasteiger charge is -2.39. The molecule has 0 aliphatic heterocycles. The van der Waals surface area contributed by atoms with E-state index < -0.39 is 34.7 Å². The lowest BCUT2D eigenvalue weighted by Crippen LogP contribution is -2.42. The topological polar surface area (TPSA) is 105 Å². The maximum atomic E-state index is 13.5. The number of unbranched alkanes of at least 4 members (excludes halogenated alkanes) is 14. The van der Waals surface area contributed by atoms with Gasteiger partial charge in [0.1, 0.15) is 0 Å². The third kappa shape index (κ3) is 18.3. The van der Waals surface area contributed by atoms with E-state index in [2.05, 4.69) is 34.6 Å². The fourth-order valence-corrected chi connectivity index (χ4v) is 8.99. The van der Waals surface area contributed by atoms with Gasteiger partial charge < -0.3 is 18.9 Å². The standard InChI is InChI=1S/C47H88O8/c1-10-19-20-21-23-26-31-36-46(41(48)52-15-6,42(49)53-16-7)38-33-28-29-34-39-47(43(50)54-17-8,44(51)55-18-9)37-32-27-24-22-25-30-35-40(11-2)45(12-3,13-4)14-5/h40H,10-39H2,1-9H3. The Morgan fingerprint density at radius 3 is 0.909 bits per heavy atom. The maximum absolute atomic E-state index is 13.5. The minimum Gasteiger partial charge on any atom is -0.465 e. The summed E-state index contributed by atoms with van der Waals surface area (Å²) in [5, 5.41) is 0. The number of carbonyl (C=O) groups is 4. The Bertz CT molecular complexity index is 959. The van der Waals surface area contributed by atoms with Gasteiger partial charge >= 0.3 is 23.9 Å². The van der Waals surface area contributed by atoms with Gasteiger partial charge in [0.25, 0.3) is 0 Å². The molecule has 0 amide bonds. The molecule has 0 fully saturated rings. The first-order chi connectivity index (χ1) is 26.5. The molecule has 0 bridgehead atoms. The molecule has 8 heteroatoms. The highest BCUT2D eigenvalue weighted by Crippen LogP contribution is 2.43. The Hall–Kier alpha value is -2.12. The van der Waals surface area contributed by atoms with Crippen molar-refractivity contribution in [2.75, 3.05) is 26.4 Å². The van der Waals surface area contributed by atoms with E-state index in [9.17, 15) is 19.2 Å². The van der Waals surface area contributed by atoms with Crippen molar-refractivity contribution >= 4 is 23.9 Å². The van der Waals surface area contributed by atoms with Crippen LogP contribution in [-0.2, 0) is 38.1 Å². The van der Waals surface area contributed by atoms with Crippen molar-refractivity contribution in [2.24, 2.45) is 22.2 Å². The van der Waals surface area contributed by atoms with E-state index in [4.69, 9.17) is 18.9 Å². The molecule has 8 nitrogen and oxygen atoms in total. The molecule has 0 aromatic carbocycles. The van der Waals surface area contributed by atoms with Crippen molar-refractivity contribution < 1.29 is 38.1 Å². The smallest absolute Gasteiger partial charge is 0.323 e. The monoisotopic (exact) mass is 781 g/mol. The number of carbonyl (C=O) groups excluding carboxylic acids is 4. The highest BCUT2D eigenvalue weighted by Gasteiger charge is 2.49. The number of hydrogen-bond acceptors (Lipinski definition) is 8. The van der Waals surface area contributed by atoms with Crippen molar-refractivity contribution in [3.63, 3.8) is 0 Å². The van der Waals surface area contributed by atoms with Gasteiger partial charge in [-0.05, 0) is 71.1 Å². The van der Waals surface area contributed by atoms with Gasteiger partial charge in [0.15, 0.2) is 10.8 Å². The molecule has 0 saturated carbocycles. The van der Waals surface area contributed by atoms with Gasteiger partial charge in [0.2, 0.25) is 0 Å². The Morgan fingerprint density at radius 2 is 0.655 bits per heavy atom. The zero-order valence-electron chi connectivity index (χ0n) is 37.6.